The molecule has 0 aromatic heterocycles. The number of carbonyl (C=O) groups excluding carboxylic acids is 1. The molecule has 0 N–H and O–H groups in total. The van der Waals surface area contributed by atoms with E-state index < -0.39 is 6.16 Å². The van der Waals surface area contributed by atoms with E-state index in [1.54, 1.807) is 0 Å². The van der Waals surface area contributed by atoms with Gasteiger partial charge in [-0.15, -0.1) is 0 Å². The zero-order valence-corrected chi connectivity index (χ0v) is 13.1. The number of allylic oxidation sites excluding steroid dienone is 2. The second kappa shape index (κ2) is 15.8. The maximum absolute atomic E-state index is 11.2. The fourth-order valence-electron chi connectivity index (χ4n) is 1.75. The van der Waals surface area contributed by atoms with Crippen molar-refractivity contribution in [1.82, 2.24) is 0 Å². The van der Waals surface area contributed by atoms with Crippen molar-refractivity contribution < 1.29 is 14.3 Å². The highest BCUT2D eigenvalue weighted by Gasteiger charge is 1.96. The third-order valence-electron chi connectivity index (χ3n) is 2.97. The standard InChI is InChI=1S/C17H30O3/c1-3-5-7-9-11-13-15-19-17(18)20-16-14-12-10-8-6-4-2/h13-16H,3-12H2,1-2H3. The molecule has 0 aromatic carbocycles. The van der Waals surface area contributed by atoms with Crippen LogP contribution in [0.3, 0.4) is 0 Å². The van der Waals surface area contributed by atoms with E-state index >= 15 is 0 Å². The smallest absolute Gasteiger partial charge is 0.403 e. The summed E-state index contributed by atoms with van der Waals surface area (Å²) in [5, 5.41) is 0. The van der Waals surface area contributed by atoms with Crippen LogP contribution >= 0.6 is 0 Å². The van der Waals surface area contributed by atoms with E-state index in [2.05, 4.69) is 13.8 Å². The summed E-state index contributed by atoms with van der Waals surface area (Å²) in [4.78, 5) is 11.2. The summed E-state index contributed by atoms with van der Waals surface area (Å²) in [5.41, 5.74) is 0. The molecular formula is C17H30O3. The van der Waals surface area contributed by atoms with Crippen LogP contribution < -0.4 is 0 Å². The van der Waals surface area contributed by atoms with Crippen molar-refractivity contribution in [1.29, 1.82) is 0 Å². The molecule has 0 radical (unpaired) electrons. The Hall–Kier alpha value is -1.25. The van der Waals surface area contributed by atoms with Crippen LogP contribution in [0.15, 0.2) is 24.7 Å². The third-order valence-corrected chi connectivity index (χ3v) is 2.97. The van der Waals surface area contributed by atoms with Gasteiger partial charge in [0.05, 0.1) is 12.5 Å². The lowest BCUT2D eigenvalue weighted by atomic mass is 10.1. The van der Waals surface area contributed by atoms with Crippen LogP contribution in [0, 0.1) is 0 Å². The Balaban J connectivity index is 3.39. The first-order valence-electron chi connectivity index (χ1n) is 7.98. The Labute approximate surface area is 124 Å². The van der Waals surface area contributed by atoms with Crippen molar-refractivity contribution in [3.05, 3.63) is 24.7 Å². The molecule has 0 saturated heterocycles. The van der Waals surface area contributed by atoms with Gasteiger partial charge in [0.25, 0.3) is 0 Å². The number of unbranched alkanes of at least 4 members (excludes halogenated alkanes) is 8. The maximum Gasteiger partial charge on any atom is 0.518 e. The van der Waals surface area contributed by atoms with E-state index in [1.807, 2.05) is 12.2 Å². The molecule has 0 unspecified atom stereocenters. The molecule has 3 heteroatoms. The summed E-state index contributed by atoms with van der Waals surface area (Å²) in [5.74, 6) is 0. The Morgan fingerprint density at radius 1 is 0.750 bits per heavy atom. The van der Waals surface area contributed by atoms with Crippen molar-refractivity contribution in [3.8, 4) is 0 Å². The lowest BCUT2D eigenvalue weighted by Crippen LogP contribution is -1.97. The molecule has 0 saturated carbocycles. The van der Waals surface area contributed by atoms with Crippen LogP contribution in [0.5, 0.6) is 0 Å². The molecule has 3 nitrogen and oxygen atoms in total. The highest BCUT2D eigenvalue weighted by Crippen LogP contribution is 2.04. The second-order valence-electron chi connectivity index (χ2n) is 4.93. The van der Waals surface area contributed by atoms with Crippen molar-refractivity contribution in [3.63, 3.8) is 0 Å². The molecule has 0 heterocycles. The highest BCUT2D eigenvalue weighted by molar-refractivity contribution is 5.61. The number of carbonyl (C=O) groups is 1. The van der Waals surface area contributed by atoms with Gasteiger partial charge in [0.15, 0.2) is 0 Å². The minimum absolute atomic E-state index is 0.667. The van der Waals surface area contributed by atoms with Crippen molar-refractivity contribution in [2.45, 2.75) is 78.1 Å². The van der Waals surface area contributed by atoms with E-state index in [0.717, 1.165) is 25.7 Å². The predicted molar refractivity (Wildman–Crippen MR) is 83.4 cm³/mol. The lowest BCUT2D eigenvalue weighted by molar-refractivity contribution is 0.119. The largest absolute Gasteiger partial charge is 0.518 e. The van der Waals surface area contributed by atoms with Gasteiger partial charge in [0.1, 0.15) is 0 Å². The molecule has 0 aliphatic carbocycles. The first-order chi connectivity index (χ1) is 9.81. The van der Waals surface area contributed by atoms with Crippen LogP contribution in [-0.4, -0.2) is 6.16 Å². The molecule has 0 aliphatic rings. The fourth-order valence-corrected chi connectivity index (χ4v) is 1.75. The lowest BCUT2D eigenvalue weighted by Gasteiger charge is -1.97. The molecule has 0 amide bonds. The quantitative estimate of drug-likeness (QED) is 0.246. The van der Waals surface area contributed by atoms with Gasteiger partial charge in [-0.05, 0) is 37.8 Å². The topological polar surface area (TPSA) is 35.5 Å². The molecule has 20 heavy (non-hydrogen) atoms. The monoisotopic (exact) mass is 282 g/mol. The van der Waals surface area contributed by atoms with Gasteiger partial charge in [-0.3, -0.25) is 0 Å². The summed E-state index contributed by atoms with van der Waals surface area (Å²) in [6.07, 6.45) is 17.5. The minimum Gasteiger partial charge on any atom is -0.403 e. The van der Waals surface area contributed by atoms with Crippen molar-refractivity contribution >= 4 is 6.16 Å². The number of hydrogen-bond donors (Lipinski definition) is 0. The van der Waals surface area contributed by atoms with E-state index in [1.165, 1.54) is 51.0 Å². The van der Waals surface area contributed by atoms with Gasteiger partial charge < -0.3 is 9.47 Å². The van der Waals surface area contributed by atoms with Gasteiger partial charge in [0, 0.05) is 0 Å². The molecular weight excluding hydrogens is 252 g/mol. The van der Waals surface area contributed by atoms with Crippen LogP contribution in [0.25, 0.3) is 0 Å². The Morgan fingerprint density at radius 3 is 1.60 bits per heavy atom. The first-order valence-corrected chi connectivity index (χ1v) is 7.98. The minimum atomic E-state index is -0.667. The Kier molecular flexibility index (Phi) is 14.8. The Bertz CT molecular complexity index is 243. The second-order valence-corrected chi connectivity index (χ2v) is 4.93. The van der Waals surface area contributed by atoms with E-state index in [4.69, 9.17) is 9.47 Å². The van der Waals surface area contributed by atoms with Gasteiger partial charge in [-0.25, -0.2) is 4.79 Å². The van der Waals surface area contributed by atoms with Gasteiger partial charge in [-0.1, -0.05) is 52.4 Å². The van der Waals surface area contributed by atoms with E-state index in [0.29, 0.717) is 0 Å². The molecule has 116 valence electrons. The van der Waals surface area contributed by atoms with E-state index in [9.17, 15) is 4.79 Å². The first kappa shape index (κ1) is 18.8. The molecule has 0 spiro atoms. The van der Waals surface area contributed by atoms with Gasteiger partial charge >= 0.3 is 6.16 Å². The zero-order valence-electron chi connectivity index (χ0n) is 13.1. The molecule has 0 bridgehead atoms. The number of rotatable bonds is 12. The van der Waals surface area contributed by atoms with Gasteiger partial charge in [0.2, 0.25) is 0 Å². The van der Waals surface area contributed by atoms with Crippen molar-refractivity contribution in [2.24, 2.45) is 0 Å². The summed E-state index contributed by atoms with van der Waals surface area (Å²) in [6, 6.07) is 0. The van der Waals surface area contributed by atoms with Crippen LogP contribution in [0.1, 0.15) is 78.1 Å². The summed E-state index contributed by atoms with van der Waals surface area (Å²) in [6.45, 7) is 4.37. The van der Waals surface area contributed by atoms with Crippen LogP contribution in [0.4, 0.5) is 4.79 Å². The third kappa shape index (κ3) is 14.8. The fraction of sp³-hybridized carbons (Fsp3) is 0.706. The Morgan fingerprint density at radius 2 is 1.20 bits per heavy atom. The average Bonchev–Trinajstić information content (AvgIpc) is 2.45. The SMILES string of the molecule is CCCCCCC=COC(=O)OC=CCCCCCC. The normalized spacial score (nSPS) is 11.3. The summed E-state index contributed by atoms with van der Waals surface area (Å²) in [7, 11) is 0. The summed E-state index contributed by atoms with van der Waals surface area (Å²) >= 11 is 0. The molecule has 0 fully saturated rings. The zero-order chi connectivity index (χ0) is 14.9. The molecule has 0 aliphatic heterocycles. The van der Waals surface area contributed by atoms with Crippen LogP contribution in [-0.2, 0) is 9.47 Å². The number of ether oxygens (including phenoxy) is 2. The highest BCUT2D eigenvalue weighted by atomic mass is 16.7. The molecule has 0 atom stereocenters. The number of hydrogen-bond acceptors (Lipinski definition) is 3. The predicted octanol–water partition coefficient (Wildman–Crippen LogP) is 6.11. The molecule has 0 rings (SSSR count). The van der Waals surface area contributed by atoms with Gasteiger partial charge in [-0.2, -0.15) is 0 Å². The van der Waals surface area contributed by atoms with Crippen LogP contribution in [0.2, 0.25) is 0 Å². The summed E-state index contributed by atoms with van der Waals surface area (Å²) < 4.78 is 9.60. The molecule has 0 aromatic rings. The van der Waals surface area contributed by atoms with E-state index in [-0.39, 0.29) is 0 Å². The maximum atomic E-state index is 11.2. The van der Waals surface area contributed by atoms with Crippen molar-refractivity contribution in [2.75, 3.05) is 0 Å². The average molecular weight is 282 g/mol.